The van der Waals surface area contributed by atoms with Crippen molar-refractivity contribution in [2.24, 2.45) is 0 Å². The van der Waals surface area contributed by atoms with E-state index in [0.29, 0.717) is 10.8 Å². The zero-order valence-corrected chi connectivity index (χ0v) is 9.63. The zero-order chi connectivity index (χ0) is 11.6. The fourth-order valence-corrected chi connectivity index (χ4v) is 1.34. The van der Waals surface area contributed by atoms with Gasteiger partial charge in [-0.15, -0.1) is 0 Å². The van der Waals surface area contributed by atoms with Crippen molar-refractivity contribution in [1.29, 1.82) is 0 Å². The molecule has 0 amide bonds. The number of halogens is 1. The highest BCUT2D eigenvalue weighted by atomic mass is 35.5. The van der Waals surface area contributed by atoms with Gasteiger partial charge in [-0.3, -0.25) is 0 Å². The number of carbonyl (C=O) groups is 1. The number of carboxylic acid groups (broad SMARTS) is 1. The predicted octanol–water partition coefficient (Wildman–Crippen LogP) is 2.81. The Morgan fingerprint density at radius 2 is 1.87 bits per heavy atom. The van der Waals surface area contributed by atoms with E-state index in [1.54, 1.807) is 12.1 Å². The maximum absolute atomic E-state index is 10.6. The van der Waals surface area contributed by atoms with Crippen molar-refractivity contribution in [3.8, 4) is 5.75 Å². The molecule has 0 saturated carbocycles. The Morgan fingerprint density at radius 3 is 2.27 bits per heavy atom. The molecule has 4 heteroatoms. The molecule has 1 rings (SSSR count). The molecule has 0 fully saturated rings. The van der Waals surface area contributed by atoms with Gasteiger partial charge >= 0.3 is 5.97 Å². The van der Waals surface area contributed by atoms with Gasteiger partial charge in [0.05, 0.1) is 0 Å². The first-order valence-electron chi connectivity index (χ1n) is 4.58. The lowest BCUT2D eigenvalue weighted by Crippen LogP contribution is -2.22. The summed E-state index contributed by atoms with van der Waals surface area (Å²) in [5, 5.41) is 9.37. The van der Waals surface area contributed by atoms with Crippen LogP contribution in [-0.4, -0.2) is 17.2 Å². The number of hydrogen-bond acceptors (Lipinski definition) is 2. The average Bonchev–Trinajstić information content (AvgIpc) is 2.13. The van der Waals surface area contributed by atoms with Crippen LogP contribution in [0.4, 0.5) is 0 Å². The largest absolute Gasteiger partial charge is 0.479 e. The van der Waals surface area contributed by atoms with Gasteiger partial charge in [-0.25, -0.2) is 4.79 Å². The van der Waals surface area contributed by atoms with Crippen molar-refractivity contribution in [3.63, 3.8) is 0 Å². The summed E-state index contributed by atoms with van der Waals surface area (Å²) >= 11 is 5.98. The van der Waals surface area contributed by atoms with E-state index in [9.17, 15) is 4.79 Å². The highest BCUT2D eigenvalue weighted by Crippen LogP contribution is 2.26. The van der Waals surface area contributed by atoms with Gasteiger partial charge in [0.2, 0.25) is 0 Å². The first-order chi connectivity index (χ1) is 6.91. The second-order valence-corrected chi connectivity index (χ2v) is 3.85. The molecular weight excluding hydrogens is 216 g/mol. The quantitative estimate of drug-likeness (QED) is 0.866. The van der Waals surface area contributed by atoms with Gasteiger partial charge in [-0.05, 0) is 44.0 Å². The number of benzene rings is 1. The maximum Gasteiger partial charge on any atom is 0.344 e. The van der Waals surface area contributed by atoms with E-state index in [1.807, 2.05) is 13.8 Å². The standard InChI is InChI=1S/C11H13ClO3/c1-6-4-9(5-7(2)10(6)12)15-8(3)11(13)14/h4-5,8H,1-3H3,(H,13,14)/t8-/m1/s1. The smallest absolute Gasteiger partial charge is 0.344 e. The van der Waals surface area contributed by atoms with E-state index >= 15 is 0 Å². The monoisotopic (exact) mass is 228 g/mol. The topological polar surface area (TPSA) is 46.5 Å². The third kappa shape index (κ3) is 2.86. The zero-order valence-electron chi connectivity index (χ0n) is 8.87. The summed E-state index contributed by atoms with van der Waals surface area (Å²) in [6.07, 6.45) is -0.857. The molecule has 0 saturated heterocycles. The third-order valence-electron chi connectivity index (χ3n) is 2.07. The molecule has 0 spiro atoms. The number of aliphatic carboxylic acids is 1. The van der Waals surface area contributed by atoms with Crippen molar-refractivity contribution < 1.29 is 14.6 Å². The van der Waals surface area contributed by atoms with Crippen molar-refractivity contribution in [2.45, 2.75) is 26.9 Å². The minimum absolute atomic E-state index is 0.532. The lowest BCUT2D eigenvalue weighted by molar-refractivity contribution is -0.144. The van der Waals surface area contributed by atoms with E-state index in [-0.39, 0.29) is 0 Å². The summed E-state index contributed by atoms with van der Waals surface area (Å²) in [6.45, 7) is 5.20. The fraction of sp³-hybridized carbons (Fsp3) is 0.364. The van der Waals surface area contributed by atoms with Crippen LogP contribution in [-0.2, 0) is 4.79 Å². The minimum Gasteiger partial charge on any atom is -0.479 e. The molecule has 1 N–H and O–H groups in total. The highest BCUT2D eigenvalue weighted by Gasteiger charge is 2.13. The summed E-state index contributed by atoms with van der Waals surface area (Å²) in [4.78, 5) is 10.6. The van der Waals surface area contributed by atoms with Crippen molar-refractivity contribution in [3.05, 3.63) is 28.3 Å². The number of hydrogen-bond donors (Lipinski definition) is 1. The fourth-order valence-electron chi connectivity index (χ4n) is 1.23. The first-order valence-corrected chi connectivity index (χ1v) is 4.96. The molecule has 0 aliphatic heterocycles. The van der Waals surface area contributed by atoms with E-state index in [2.05, 4.69) is 0 Å². The van der Waals surface area contributed by atoms with E-state index < -0.39 is 12.1 Å². The second-order valence-electron chi connectivity index (χ2n) is 3.47. The van der Waals surface area contributed by atoms with E-state index in [0.717, 1.165) is 11.1 Å². The molecule has 82 valence electrons. The molecule has 0 radical (unpaired) electrons. The van der Waals surface area contributed by atoms with Crippen LogP contribution in [0.3, 0.4) is 0 Å². The number of carboxylic acids is 1. The summed E-state index contributed by atoms with van der Waals surface area (Å²) in [5.41, 5.74) is 1.76. The van der Waals surface area contributed by atoms with Crippen molar-refractivity contribution in [2.75, 3.05) is 0 Å². The molecule has 1 aromatic carbocycles. The molecule has 15 heavy (non-hydrogen) atoms. The second kappa shape index (κ2) is 4.53. The third-order valence-corrected chi connectivity index (χ3v) is 2.67. The SMILES string of the molecule is Cc1cc(O[C@H](C)C(=O)O)cc(C)c1Cl. The Hall–Kier alpha value is -1.22. The van der Waals surface area contributed by atoms with Crippen LogP contribution in [0.1, 0.15) is 18.1 Å². The predicted molar refractivity (Wildman–Crippen MR) is 58.7 cm³/mol. The molecule has 0 heterocycles. The molecule has 1 aromatic rings. The molecule has 1 atom stereocenters. The van der Waals surface area contributed by atoms with Crippen molar-refractivity contribution >= 4 is 17.6 Å². The molecule has 3 nitrogen and oxygen atoms in total. The van der Waals surface area contributed by atoms with Gasteiger partial charge in [0.1, 0.15) is 5.75 Å². The first kappa shape index (κ1) is 11.9. The lowest BCUT2D eigenvalue weighted by Gasteiger charge is -2.12. The summed E-state index contributed by atoms with van der Waals surface area (Å²) < 4.78 is 5.23. The lowest BCUT2D eigenvalue weighted by atomic mass is 10.1. The number of rotatable bonds is 3. The van der Waals surface area contributed by atoms with Crippen LogP contribution >= 0.6 is 11.6 Å². The minimum atomic E-state index is -0.986. The highest BCUT2D eigenvalue weighted by molar-refractivity contribution is 6.32. The molecule has 0 aliphatic carbocycles. The number of ether oxygens (including phenoxy) is 1. The summed E-state index contributed by atoms with van der Waals surface area (Å²) in [7, 11) is 0. The molecule has 0 aromatic heterocycles. The Kier molecular flexibility index (Phi) is 3.58. The van der Waals surface area contributed by atoms with Gasteiger partial charge in [0, 0.05) is 5.02 Å². The Balaban J connectivity index is 2.92. The van der Waals surface area contributed by atoms with Crippen LogP contribution in [0.2, 0.25) is 5.02 Å². The summed E-state index contributed by atoms with van der Waals surface area (Å²) in [5.74, 6) is -0.454. The molecular formula is C11H13ClO3. The molecule has 0 unspecified atom stereocenters. The van der Waals surface area contributed by atoms with Crippen LogP contribution in [0, 0.1) is 13.8 Å². The Morgan fingerprint density at radius 1 is 1.40 bits per heavy atom. The number of aryl methyl sites for hydroxylation is 2. The Bertz CT molecular complexity index is 364. The molecule has 0 aliphatic rings. The van der Waals surface area contributed by atoms with E-state index in [1.165, 1.54) is 6.92 Å². The maximum atomic E-state index is 10.6. The Labute approximate surface area is 93.6 Å². The van der Waals surface area contributed by atoms with Crippen LogP contribution in [0.25, 0.3) is 0 Å². The van der Waals surface area contributed by atoms with Gasteiger partial charge in [-0.1, -0.05) is 11.6 Å². The van der Waals surface area contributed by atoms with Crippen LogP contribution in [0.15, 0.2) is 12.1 Å². The van der Waals surface area contributed by atoms with Gasteiger partial charge in [-0.2, -0.15) is 0 Å². The molecule has 0 bridgehead atoms. The summed E-state index contributed by atoms with van der Waals surface area (Å²) in [6, 6.07) is 3.46. The van der Waals surface area contributed by atoms with Crippen LogP contribution in [0.5, 0.6) is 5.75 Å². The average molecular weight is 229 g/mol. The van der Waals surface area contributed by atoms with Gasteiger partial charge < -0.3 is 9.84 Å². The van der Waals surface area contributed by atoms with Gasteiger partial charge in [0.15, 0.2) is 6.10 Å². The van der Waals surface area contributed by atoms with Crippen LogP contribution < -0.4 is 4.74 Å². The normalized spacial score (nSPS) is 12.3. The van der Waals surface area contributed by atoms with Crippen molar-refractivity contribution in [1.82, 2.24) is 0 Å². The van der Waals surface area contributed by atoms with E-state index in [4.69, 9.17) is 21.4 Å². The van der Waals surface area contributed by atoms with Gasteiger partial charge in [0.25, 0.3) is 0 Å².